The summed E-state index contributed by atoms with van der Waals surface area (Å²) in [7, 11) is 0. The first-order valence-corrected chi connectivity index (χ1v) is 4.68. The maximum atomic E-state index is 9.82. The fraction of sp³-hybridized carbons (Fsp3) is 0.154. The normalized spacial score (nSPS) is 8.33. The topological polar surface area (TPSA) is 43.1 Å². The molecule has 1 rings (SSSR count). The number of rotatable bonds is 3. The largest absolute Gasteiger partial charge is 0.366 e. The maximum absolute atomic E-state index is 9.82. The number of benzene rings is 1. The second-order valence-electron chi connectivity index (χ2n) is 3.12. The molecule has 0 bridgehead atoms. The van der Waals surface area contributed by atoms with E-state index in [1.165, 1.54) is 5.56 Å². The van der Waals surface area contributed by atoms with Gasteiger partial charge in [0.05, 0.1) is 0 Å². The SMILES string of the molecule is C=C(C)C(N)=O.C=CCc1ccccc1. The van der Waals surface area contributed by atoms with Crippen LogP contribution in [0.3, 0.4) is 0 Å². The van der Waals surface area contributed by atoms with E-state index in [2.05, 4.69) is 25.3 Å². The first-order chi connectivity index (χ1) is 7.07. The summed E-state index contributed by atoms with van der Waals surface area (Å²) in [6.07, 6.45) is 2.89. The monoisotopic (exact) mass is 203 g/mol. The van der Waals surface area contributed by atoms with Crippen molar-refractivity contribution in [1.82, 2.24) is 0 Å². The molecule has 0 spiro atoms. The van der Waals surface area contributed by atoms with Crippen LogP contribution < -0.4 is 5.73 Å². The molecule has 0 heterocycles. The Hall–Kier alpha value is -1.83. The molecular weight excluding hydrogens is 186 g/mol. The van der Waals surface area contributed by atoms with Gasteiger partial charge in [-0.25, -0.2) is 0 Å². The van der Waals surface area contributed by atoms with Gasteiger partial charge in [0.2, 0.25) is 5.91 Å². The summed E-state index contributed by atoms with van der Waals surface area (Å²) in [4.78, 5) is 9.82. The predicted molar refractivity (Wildman–Crippen MR) is 64.4 cm³/mol. The zero-order valence-corrected chi connectivity index (χ0v) is 9.07. The highest BCUT2D eigenvalue weighted by atomic mass is 16.1. The lowest BCUT2D eigenvalue weighted by Crippen LogP contribution is -2.10. The molecule has 1 amide bonds. The average molecular weight is 203 g/mol. The molecule has 0 saturated carbocycles. The first-order valence-electron chi connectivity index (χ1n) is 4.68. The average Bonchev–Trinajstić information content (AvgIpc) is 2.20. The van der Waals surface area contributed by atoms with Crippen LogP contribution in [0.4, 0.5) is 0 Å². The van der Waals surface area contributed by atoms with Crippen LogP contribution in [0.1, 0.15) is 12.5 Å². The highest BCUT2D eigenvalue weighted by molar-refractivity contribution is 5.90. The lowest BCUT2D eigenvalue weighted by atomic mass is 10.2. The number of hydrogen-bond acceptors (Lipinski definition) is 1. The lowest BCUT2D eigenvalue weighted by Gasteiger charge is -1.91. The van der Waals surface area contributed by atoms with Gasteiger partial charge in [-0.15, -0.1) is 6.58 Å². The Morgan fingerprint density at radius 3 is 2.20 bits per heavy atom. The van der Waals surface area contributed by atoms with Gasteiger partial charge in [-0.2, -0.15) is 0 Å². The second-order valence-corrected chi connectivity index (χ2v) is 3.12. The fourth-order valence-electron chi connectivity index (χ4n) is 0.781. The van der Waals surface area contributed by atoms with Crippen LogP contribution in [0, 0.1) is 0 Å². The van der Waals surface area contributed by atoms with Gasteiger partial charge in [0.25, 0.3) is 0 Å². The summed E-state index contributed by atoms with van der Waals surface area (Å²) in [5.74, 6) is -0.435. The van der Waals surface area contributed by atoms with Crippen molar-refractivity contribution in [2.24, 2.45) is 5.73 Å². The molecule has 80 valence electrons. The molecule has 2 N–H and O–H groups in total. The molecule has 1 aromatic rings. The van der Waals surface area contributed by atoms with E-state index in [1.807, 2.05) is 24.3 Å². The highest BCUT2D eigenvalue weighted by Crippen LogP contribution is 1.98. The standard InChI is InChI=1S/C9H10.C4H7NO/c1-2-6-9-7-4-3-5-8-9;1-3(2)4(5)6/h2-5,7-8H,1,6H2;1H2,2H3,(H2,5,6). The van der Waals surface area contributed by atoms with Crippen molar-refractivity contribution in [1.29, 1.82) is 0 Å². The number of primary amides is 1. The third-order valence-electron chi connectivity index (χ3n) is 1.64. The maximum Gasteiger partial charge on any atom is 0.243 e. The van der Waals surface area contributed by atoms with Gasteiger partial charge >= 0.3 is 0 Å². The van der Waals surface area contributed by atoms with Crippen molar-refractivity contribution >= 4 is 5.91 Å². The number of amides is 1. The molecule has 0 aromatic heterocycles. The van der Waals surface area contributed by atoms with Crippen molar-refractivity contribution in [3.05, 3.63) is 60.7 Å². The molecule has 0 saturated heterocycles. The molecule has 0 atom stereocenters. The second kappa shape index (κ2) is 7.56. The third kappa shape index (κ3) is 7.26. The highest BCUT2D eigenvalue weighted by Gasteiger charge is 1.86. The first kappa shape index (κ1) is 13.2. The Kier molecular flexibility index (Phi) is 6.64. The lowest BCUT2D eigenvalue weighted by molar-refractivity contribution is -0.114. The van der Waals surface area contributed by atoms with E-state index in [0.29, 0.717) is 5.57 Å². The third-order valence-corrected chi connectivity index (χ3v) is 1.64. The Balaban J connectivity index is 0.000000288. The number of carbonyl (C=O) groups is 1. The predicted octanol–water partition coefficient (Wildman–Crippen LogP) is 2.46. The zero-order chi connectivity index (χ0) is 11.7. The van der Waals surface area contributed by atoms with E-state index in [1.54, 1.807) is 6.92 Å². The van der Waals surface area contributed by atoms with Gasteiger partial charge in [-0.3, -0.25) is 4.79 Å². The summed E-state index contributed by atoms with van der Waals surface area (Å²) >= 11 is 0. The summed E-state index contributed by atoms with van der Waals surface area (Å²) in [6, 6.07) is 10.3. The number of hydrogen-bond donors (Lipinski definition) is 1. The summed E-state index contributed by atoms with van der Waals surface area (Å²) < 4.78 is 0. The summed E-state index contributed by atoms with van der Waals surface area (Å²) in [6.45, 7) is 8.51. The molecule has 2 heteroatoms. The van der Waals surface area contributed by atoms with E-state index >= 15 is 0 Å². The molecule has 2 nitrogen and oxygen atoms in total. The molecule has 15 heavy (non-hydrogen) atoms. The molecule has 0 fully saturated rings. The Morgan fingerprint density at radius 1 is 1.40 bits per heavy atom. The van der Waals surface area contributed by atoms with Gasteiger partial charge in [0.15, 0.2) is 0 Å². The van der Waals surface area contributed by atoms with Gasteiger partial charge in [0, 0.05) is 5.57 Å². The minimum absolute atomic E-state index is 0.398. The number of nitrogens with two attached hydrogens (primary N) is 1. The van der Waals surface area contributed by atoms with E-state index in [9.17, 15) is 4.79 Å². The van der Waals surface area contributed by atoms with Crippen LogP contribution >= 0.6 is 0 Å². The number of allylic oxidation sites excluding steroid dienone is 1. The molecular formula is C13H17NO. The van der Waals surface area contributed by atoms with Crippen molar-refractivity contribution < 1.29 is 4.79 Å². The van der Waals surface area contributed by atoms with Crippen LogP contribution in [0.2, 0.25) is 0 Å². The quantitative estimate of drug-likeness (QED) is 0.595. The molecule has 0 aliphatic rings. The van der Waals surface area contributed by atoms with Crippen LogP contribution in [-0.2, 0) is 11.2 Å². The van der Waals surface area contributed by atoms with Crippen molar-refractivity contribution in [3.63, 3.8) is 0 Å². The number of carbonyl (C=O) groups excluding carboxylic acids is 1. The van der Waals surface area contributed by atoms with Crippen molar-refractivity contribution in [2.45, 2.75) is 13.3 Å². The summed E-state index contributed by atoms with van der Waals surface area (Å²) in [5, 5.41) is 0. The van der Waals surface area contributed by atoms with Crippen LogP contribution in [0.5, 0.6) is 0 Å². The van der Waals surface area contributed by atoms with Gasteiger partial charge < -0.3 is 5.73 Å². The smallest absolute Gasteiger partial charge is 0.243 e. The van der Waals surface area contributed by atoms with E-state index in [0.717, 1.165) is 6.42 Å². The molecule has 0 unspecified atom stereocenters. The molecule has 0 aliphatic carbocycles. The zero-order valence-electron chi connectivity index (χ0n) is 9.07. The molecule has 0 aliphatic heterocycles. The molecule has 1 aromatic carbocycles. The van der Waals surface area contributed by atoms with E-state index in [-0.39, 0.29) is 0 Å². The van der Waals surface area contributed by atoms with E-state index in [4.69, 9.17) is 5.73 Å². The minimum atomic E-state index is -0.435. The van der Waals surface area contributed by atoms with Crippen LogP contribution in [-0.4, -0.2) is 5.91 Å². The Bertz CT molecular complexity index is 316. The van der Waals surface area contributed by atoms with Crippen molar-refractivity contribution in [2.75, 3.05) is 0 Å². The fourth-order valence-corrected chi connectivity index (χ4v) is 0.781. The van der Waals surface area contributed by atoms with Crippen molar-refractivity contribution in [3.8, 4) is 0 Å². The Labute approximate surface area is 91.1 Å². The van der Waals surface area contributed by atoms with Crippen LogP contribution in [0.25, 0.3) is 0 Å². The van der Waals surface area contributed by atoms with E-state index < -0.39 is 5.91 Å². The van der Waals surface area contributed by atoms with Gasteiger partial charge in [-0.05, 0) is 18.9 Å². The molecule has 0 radical (unpaired) electrons. The van der Waals surface area contributed by atoms with Gasteiger partial charge in [0.1, 0.15) is 0 Å². The van der Waals surface area contributed by atoms with Crippen LogP contribution in [0.15, 0.2) is 55.1 Å². The van der Waals surface area contributed by atoms with Gasteiger partial charge in [-0.1, -0.05) is 43.0 Å². The minimum Gasteiger partial charge on any atom is -0.366 e. The Morgan fingerprint density at radius 2 is 1.87 bits per heavy atom. The summed E-state index contributed by atoms with van der Waals surface area (Å²) in [5.41, 5.74) is 6.42.